The van der Waals surface area contributed by atoms with Crippen molar-refractivity contribution in [2.75, 3.05) is 6.54 Å². The van der Waals surface area contributed by atoms with Gasteiger partial charge in [-0.25, -0.2) is 4.39 Å². The van der Waals surface area contributed by atoms with Crippen LogP contribution in [0.2, 0.25) is 0 Å². The lowest BCUT2D eigenvalue weighted by Gasteiger charge is -2.31. The van der Waals surface area contributed by atoms with Crippen LogP contribution >= 0.6 is 0 Å². The molecule has 1 atom stereocenters. The molecule has 0 fully saturated rings. The lowest BCUT2D eigenvalue weighted by Crippen LogP contribution is -2.42. The van der Waals surface area contributed by atoms with Crippen molar-refractivity contribution < 1.29 is 18.7 Å². The summed E-state index contributed by atoms with van der Waals surface area (Å²) in [7, 11) is 0. The van der Waals surface area contributed by atoms with Gasteiger partial charge in [-0.15, -0.1) is 0 Å². The molecule has 5 heteroatoms. The third kappa shape index (κ3) is 2.56. The first-order valence-corrected chi connectivity index (χ1v) is 6.92. The fourth-order valence-electron chi connectivity index (χ4n) is 2.78. The molecular formula is C16H16FNO3. The second-order valence-electron chi connectivity index (χ2n) is 5.31. The maximum atomic E-state index is 13.6. The Bertz CT molecular complexity index is 667. The number of halogens is 1. The van der Waals surface area contributed by atoms with Gasteiger partial charge in [-0.3, -0.25) is 4.79 Å². The maximum absolute atomic E-state index is 13.6. The predicted octanol–water partition coefficient (Wildman–Crippen LogP) is 2.37. The van der Waals surface area contributed by atoms with E-state index < -0.39 is 17.3 Å². The highest BCUT2D eigenvalue weighted by atomic mass is 19.1. The minimum absolute atomic E-state index is 0.0238. The van der Waals surface area contributed by atoms with Crippen LogP contribution in [-0.4, -0.2) is 17.6 Å². The molecule has 0 spiro atoms. The van der Waals surface area contributed by atoms with Crippen LogP contribution in [0.15, 0.2) is 41.0 Å². The first-order chi connectivity index (χ1) is 10.1. The Morgan fingerprint density at radius 3 is 3.00 bits per heavy atom. The highest BCUT2D eigenvalue weighted by Crippen LogP contribution is 2.35. The lowest BCUT2D eigenvalue weighted by molar-refractivity contribution is 0.0168. The number of hydrogen-bond acceptors (Lipinski definition) is 3. The average Bonchev–Trinajstić information content (AvgIpc) is 2.96. The number of hydrogen-bond donors (Lipinski definition) is 2. The Balaban J connectivity index is 1.74. The summed E-state index contributed by atoms with van der Waals surface area (Å²) in [5, 5.41) is 13.3. The van der Waals surface area contributed by atoms with Gasteiger partial charge in [0, 0.05) is 12.0 Å². The normalized spacial score (nSPS) is 20.9. The summed E-state index contributed by atoms with van der Waals surface area (Å²) in [6.07, 6.45) is 3.65. The van der Waals surface area contributed by atoms with E-state index >= 15 is 0 Å². The summed E-state index contributed by atoms with van der Waals surface area (Å²) in [6, 6.07) is 7.50. The maximum Gasteiger partial charge on any atom is 0.254 e. The summed E-state index contributed by atoms with van der Waals surface area (Å²) in [5.41, 5.74) is -0.464. The Kier molecular flexibility index (Phi) is 3.51. The first-order valence-electron chi connectivity index (χ1n) is 6.92. The van der Waals surface area contributed by atoms with Gasteiger partial charge < -0.3 is 14.8 Å². The van der Waals surface area contributed by atoms with Gasteiger partial charge in [0.05, 0.1) is 18.4 Å². The minimum atomic E-state index is -1.15. The summed E-state index contributed by atoms with van der Waals surface area (Å²) in [6.45, 7) is 0.0344. The molecule has 3 rings (SSSR count). The van der Waals surface area contributed by atoms with Gasteiger partial charge in [-0.05, 0) is 31.0 Å². The number of amides is 1. The molecule has 4 nitrogen and oxygen atoms in total. The van der Waals surface area contributed by atoms with Gasteiger partial charge in [0.2, 0.25) is 0 Å². The molecule has 0 radical (unpaired) electrons. The summed E-state index contributed by atoms with van der Waals surface area (Å²) < 4.78 is 18.9. The van der Waals surface area contributed by atoms with Crippen LogP contribution in [0.25, 0.3) is 0 Å². The van der Waals surface area contributed by atoms with Crippen molar-refractivity contribution in [2.45, 2.75) is 24.9 Å². The number of rotatable bonds is 3. The molecule has 0 bridgehead atoms. The van der Waals surface area contributed by atoms with Crippen LogP contribution in [0.4, 0.5) is 4.39 Å². The molecule has 1 aliphatic rings. The largest absolute Gasteiger partial charge is 0.469 e. The fraction of sp³-hybridized carbons (Fsp3) is 0.312. The molecule has 2 N–H and O–H groups in total. The molecule has 1 amide bonds. The number of fused-ring (bicyclic) bond motifs is 1. The minimum Gasteiger partial charge on any atom is -0.469 e. The molecule has 1 aliphatic carbocycles. The molecule has 1 aromatic heterocycles. The van der Waals surface area contributed by atoms with Crippen molar-refractivity contribution in [1.82, 2.24) is 5.32 Å². The van der Waals surface area contributed by atoms with Gasteiger partial charge in [0.15, 0.2) is 0 Å². The molecule has 110 valence electrons. The standard InChI is InChI=1S/C16H16FNO3/c17-13-5-2-1-4-11(13)15(19)18-10-16(20)8-3-6-14-12(16)7-9-21-14/h1-2,4-5,7,9,20H,3,6,8,10H2,(H,18,19)/t16-/m1/s1. The van der Waals surface area contributed by atoms with E-state index in [0.717, 1.165) is 18.6 Å². The summed E-state index contributed by atoms with van der Waals surface area (Å²) in [4.78, 5) is 12.0. The van der Waals surface area contributed by atoms with E-state index in [1.165, 1.54) is 18.2 Å². The zero-order chi connectivity index (χ0) is 14.9. The van der Waals surface area contributed by atoms with E-state index in [1.54, 1.807) is 18.4 Å². The number of furan rings is 1. The van der Waals surface area contributed by atoms with Crippen molar-refractivity contribution in [2.24, 2.45) is 0 Å². The number of benzene rings is 1. The van der Waals surface area contributed by atoms with Crippen LogP contribution in [0.1, 0.15) is 34.5 Å². The molecule has 1 aromatic carbocycles. The molecule has 0 saturated heterocycles. The summed E-state index contributed by atoms with van der Waals surface area (Å²) >= 11 is 0. The van der Waals surface area contributed by atoms with Crippen molar-refractivity contribution in [1.29, 1.82) is 0 Å². The number of carbonyl (C=O) groups is 1. The van der Waals surface area contributed by atoms with E-state index in [1.807, 2.05) is 0 Å². The number of nitrogens with one attached hydrogen (secondary N) is 1. The number of aliphatic hydroxyl groups is 1. The Hall–Kier alpha value is -2.14. The van der Waals surface area contributed by atoms with E-state index in [0.29, 0.717) is 12.0 Å². The van der Waals surface area contributed by atoms with Gasteiger partial charge in [0.1, 0.15) is 17.2 Å². The van der Waals surface area contributed by atoms with Gasteiger partial charge >= 0.3 is 0 Å². The van der Waals surface area contributed by atoms with E-state index in [-0.39, 0.29) is 12.1 Å². The molecule has 0 aliphatic heterocycles. The third-order valence-electron chi connectivity index (χ3n) is 3.90. The first kappa shape index (κ1) is 13.8. The van der Waals surface area contributed by atoms with Gasteiger partial charge in [0.25, 0.3) is 5.91 Å². The second-order valence-corrected chi connectivity index (χ2v) is 5.31. The second kappa shape index (κ2) is 5.33. The Morgan fingerprint density at radius 2 is 2.19 bits per heavy atom. The quantitative estimate of drug-likeness (QED) is 0.912. The van der Waals surface area contributed by atoms with Crippen LogP contribution in [-0.2, 0) is 12.0 Å². The van der Waals surface area contributed by atoms with Gasteiger partial charge in [-0.1, -0.05) is 12.1 Å². The molecule has 21 heavy (non-hydrogen) atoms. The van der Waals surface area contributed by atoms with Crippen LogP contribution in [0.5, 0.6) is 0 Å². The predicted molar refractivity (Wildman–Crippen MR) is 74.3 cm³/mol. The van der Waals surface area contributed by atoms with E-state index in [9.17, 15) is 14.3 Å². The zero-order valence-electron chi connectivity index (χ0n) is 11.4. The van der Waals surface area contributed by atoms with Crippen LogP contribution < -0.4 is 5.32 Å². The van der Waals surface area contributed by atoms with Crippen molar-refractivity contribution in [3.05, 3.63) is 59.3 Å². The van der Waals surface area contributed by atoms with E-state index in [4.69, 9.17) is 4.42 Å². The third-order valence-corrected chi connectivity index (χ3v) is 3.90. The number of aryl methyl sites for hydroxylation is 1. The monoisotopic (exact) mass is 289 g/mol. The molecule has 0 unspecified atom stereocenters. The van der Waals surface area contributed by atoms with Gasteiger partial charge in [-0.2, -0.15) is 0 Å². The zero-order valence-corrected chi connectivity index (χ0v) is 11.4. The fourth-order valence-corrected chi connectivity index (χ4v) is 2.78. The Labute approximate surface area is 121 Å². The van der Waals surface area contributed by atoms with Crippen LogP contribution in [0, 0.1) is 5.82 Å². The topological polar surface area (TPSA) is 62.5 Å². The van der Waals surface area contributed by atoms with Crippen molar-refractivity contribution >= 4 is 5.91 Å². The lowest BCUT2D eigenvalue weighted by atomic mass is 9.83. The van der Waals surface area contributed by atoms with E-state index in [2.05, 4.69) is 5.32 Å². The summed E-state index contributed by atoms with van der Waals surface area (Å²) in [5.74, 6) is -0.351. The average molecular weight is 289 g/mol. The SMILES string of the molecule is O=C(NC[C@]1(O)CCCc2occc21)c1ccccc1F. The number of carbonyl (C=O) groups excluding carboxylic acids is 1. The highest BCUT2D eigenvalue weighted by molar-refractivity contribution is 5.94. The molecule has 2 aromatic rings. The molecule has 1 heterocycles. The molecule has 0 saturated carbocycles. The smallest absolute Gasteiger partial charge is 0.254 e. The van der Waals surface area contributed by atoms with Crippen LogP contribution in [0.3, 0.4) is 0 Å². The highest BCUT2D eigenvalue weighted by Gasteiger charge is 2.36. The van der Waals surface area contributed by atoms with Crippen molar-refractivity contribution in [3.8, 4) is 0 Å². The Morgan fingerprint density at radius 1 is 1.38 bits per heavy atom. The van der Waals surface area contributed by atoms with Crippen molar-refractivity contribution in [3.63, 3.8) is 0 Å². The molecular weight excluding hydrogens is 273 g/mol.